The van der Waals surface area contributed by atoms with Crippen LogP contribution in [0.4, 0.5) is 14.5 Å². The van der Waals surface area contributed by atoms with E-state index < -0.39 is 35.3 Å². The molecule has 2 aromatic rings. The number of esters is 1. The zero-order chi connectivity index (χ0) is 18.6. The van der Waals surface area contributed by atoms with Crippen LogP contribution in [0.3, 0.4) is 0 Å². The molecule has 5 nitrogen and oxygen atoms in total. The minimum Gasteiger partial charge on any atom is -0.496 e. The van der Waals surface area contributed by atoms with E-state index in [0.29, 0.717) is 0 Å². The van der Waals surface area contributed by atoms with Crippen molar-refractivity contribution >= 4 is 29.2 Å². The zero-order valence-corrected chi connectivity index (χ0v) is 14.1. The third-order valence-corrected chi connectivity index (χ3v) is 3.48. The highest BCUT2D eigenvalue weighted by atomic mass is 35.5. The standard InChI is InChI=1S/C17H14ClF2NO4/c1-9(16(22)21-15-12(19)4-3-5-13(15)20)25-17(23)11-8-10(18)6-7-14(11)24-2/h3-9H,1-2H3,(H,21,22)/t9-/m1/s1. The SMILES string of the molecule is COc1ccc(Cl)cc1C(=O)O[C@H](C)C(=O)Nc1c(F)cccc1F. The highest BCUT2D eigenvalue weighted by molar-refractivity contribution is 6.31. The maximum atomic E-state index is 13.6. The maximum Gasteiger partial charge on any atom is 0.342 e. The lowest BCUT2D eigenvalue weighted by Crippen LogP contribution is -2.30. The van der Waals surface area contributed by atoms with Crippen molar-refractivity contribution in [2.24, 2.45) is 0 Å². The molecule has 0 aliphatic heterocycles. The van der Waals surface area contributed by atoms with Gasteiger partial charge in [0.05, 0.1) is 7.11 Å². The molecule has 0 unspecified atom stereocenters. The smallest absolute Gasteiger partial charge is 0.342 e. The summed E-state index contributed by atoms with van der Waals surface area (Å²) in [6, 6.07) is 7.46. The van der Waals surface area contributed by atoms with Gasteiger partial charge in [-0.1, -0.05) is 17.7 Å². The van der Waals surface area contributed by atoms with Gasteiger partial charge in [-0.3, -0.25) is 4.79 Å². The monoisotopic (exact) mass is 369 g/mol. The van der Waals surface area contributed by atoms with Crippen molar-refractivity contribution in [3.63, 3.8) is 0 Å². The lowest BCUT2D eigenvalue weighted by Gasteiger charge is -2.15. The first-order chi connectivity index (χ1) is 11.8. The molecule has 0 saturated heterocycles. The molecule has 2 rings (SSSR count). The minimum absolute atomic E-state index is 0.0201. The molecule has 0 heterocycles. The Morgan fingerprint density at radius 2 is 1.80 bits per heavy atom. The number of para-hydroxylation sites is 1. The Balaban J connectivity index is 2.11. The Hall–Kier alpha value is -2.67. The van der Waals surface area contributed by atoms with Gasteiger partial charge in [0.2, 0.25) is 0 Å². The van der Waals surface area contributed by atoms with Crippen LogP contribution in [0.1, 0.15) is 17.3 Å². The van der Waals surface area contributed by atoms with Crippen LogP contribution in [0.25, 0.3) is 0 Å². The first kappa shape index (κ1) is 18.7. The third kappa shape index (κ3) is 4.45. The Morgan fingerprint density at radius 1 is 1.16 bits per heavy atom. The van der Waals surface area contributed by atoms with Crippen LogP contribution in [0.2, 0.25) is 5.02 Å². The number of ether oxygens (including phenoxy) is 2. The minimum atomic E-state index is -1.31. The first-order valence-electron chi connectivity index (χ1n) is 7.13. The summed E-state index contributed by atoms with van der Waals surface area (Å²) in [5.41, 5.74) is -0.595. The van der Waals surface area contributed by atoms with Crippen molar-refractivity contribution in [2.45, 2.75) is 13.0 Å². The topological polar surface area (TPSA) is 64.6 Å². The molecule has 25 heavy (non-hydrogen) atoms. The van der Waals surface area contributed by atoms with E-state index in [1.54, 1.807) is 0 Å². The van der Waals surface area contributed by atoms with Crippen LogP contribution < -0.4 is 10.1 Å². The van der Waals surface area contributed by atoms with Crippen molar-refractivity contribution in [1.29, 1.82) is 0 Å². The molecule has 0 fully saturated rings. The first-order valence-corrected chi connectivity index (χ1v) is 7.50. The van der Waals surface area contributed by atoms with Crippen LogP contribution in [-0.4, -0.2) is 25.1 Å². The number of hydrogen-bond donors (Lipinski definition) is 1. The Bertz CT molecular complexity index is 793. The number of carbonyl (C=O) groups excluding carboxylic acids is 2. The van der Waals surface area contributed by atoms with E-state index in [0.717, 1.165) is 18.2 Å². The lowest BCUT2D eigenvalue weighted by atomic mass is 10.2. The molecule has 1 amide bonds. The third-order valence-electron chi connectivity index (χ3n) is 3.25. The number of amides is 1. The number of halogens is 3. The van der Waals surface area contributed by atoms with E-state index >= 15 is 0 Å². The number of hydrogen-bond acceptors (Lipinski definition) is 4. The number of rotatable bonds is 5. The lowest BCUT2D eigenvalue weighted by molar-refractivity contribution is -0.123. The van der Waals surface area contributed by atoms with E-state index in [1.807, 2.05) is 0 Å². The van der Waals surface area contributed by atoms with Gasteiger partial charge in [-0.05, 0) is 37.3 Å². The van der Waals surface area contributed by atoms with Crippen molar-refractivity contribution < 1.29 is 27.8 Å². The van der Waals surface area contributed by atoms with Gasteiger partial charge in [-0.2, -0.15) is 0 Å². The quantitative estimate of drug-likeness (QED) is 0.814. The molecule has 0 spiro atoms. The molecule has 0 bridgehead atoms. The molecule has 2 aromatic carbocycles. The largest absolute Gasteiger partial charge is 0.496 e. The average Bonchev–Trinajstić information content (AvgIpc) is 2.57. The Kier molecular flexibility index (Phi) is 5.93. The fraction of sp³-hybridized carbons (Fsp3) is 0.176. The van der Waals surface area contributed by atoms with E-state index in [4.69, 9.17) is 21.1 Å². The van der Waals surface area contributed by atoms with E-state index in [2.05, 4.69) is 5.32 Å². The number of nitrogens with one attached hydrogen (secondary N) is 1. The molecule has 0 saturated carbocycles. The van der Waals surface area contributed by atoms with Gasteiger partial charge in [0, 0.05) is 5.02 Å². The second-order valence-electron chi connectivity index (χ2n) is 4.98. The molecule has 1 N–H and O–H groups in total. The fourth-order valence-electron chi connectivity index (χ4n) is 1.96. The number of benzene rings is 2. The summed E-state index contributed by atoms with van der Waals surface area (Å²) in [7, 11) is 1.36. The molecule has 132 valence electrons. The second-order valence-corrected chi connectivity index (χ2v) is 5.41. The summed E-state index contributed by atoms with van der Waals surface area (Å²) in [6.07, 6.45) is -1.31. The molecule has 0 aliphatic rings. The van der Waals surface area contributed by atoms with Gasteiger partial charge in [0.25, 0.3) is 5.91 Å². The summed E-state index contributed by atoms with van der Waals surface area (Å²) in [5, 5.41) is 2.33. The number of carbonyl (C=O) groups is 2. The zero-order valence-electron chi connectivity index (χ0n) is 13.3. The van der Waals surface area contributed by atoms with E-state index in [9.17, 15) is 18.4 Å². The normalized spacial score (nSPS) is 11.6. The fourth-order valence-corrected chi connectivity index (χ4v) is 2.13. The van der Waals surface area contributed by atoms with Crippen LogP contribution in [0.5, 0.6) is 5.75 Å². The summed E-state index contributed by atoms with van der Waals surface area (Å²) >= 11 is 5.83. The van der Waals surface area contributed by atoms with Crippen molar-refractivity contribution in [3.8, 4) is 5.75 Å². The van der Waals surface area contributed by atoms with Gasteiger partial charge < -0.3 is 14.8 Å². The second kappa shape index (κ2) is 7.94. The summed E-state index contributed by atoms with van der Waals surface area (Å²) in [4.78, 5) is 24.2. The van der Waals surface area contributed by atoms with Gasteiger partial charge in [0.1, 0.15) is 28.6 Å². The van der Waals surface area contributed by atoms with Crippen LogP contribution >= 0.6 is 11.6 Å². The van der Waals surface area contributed by atoms with E-state index in [1.165, 1.54) is 32.2 Å². The van der Waals surface area contributed by atoms with Gasteiger partial charge in [-0.15, -0.1) is 0 Å². The maximum absolute atomic E-state index is 13.6. The molecular weight excluding hydrogens is 356 g/mol. The molecule has 0 aliphatic carbocycles. The highest BCUT2D eigenvalue weighted by Gasteiger charge is 2.23. The molecule has 8 heteroatoms. The Morgan fingerprint density at radius 3 is 2.40 bits per heavy atom. The predicted molar refractivity (Wildman–Crippen MR) is 87.9 cm³/mol. The molecular formula is C17H14ClF2NO4. The van der Waals surface area contributed by atoms with Crippen molar-refractivity contribution in [3.05, 3.63) is 58.6 Å². The average molecular weight is 370 g/mol. The van der Waals surface area contributed by atoms with Gasteiger partial charge in [-0.25, -0.2) is 13.6 Å². The van der Waals surface area contributed by atoms with Crippen LogP contribution in [0.15, 0.2) is 36.4 Å². The van der Waals surface area contributed by atoms with Gasteiger partial charge in [0.15, 0.2) is 6.10 Å². The highest BCUT2D eigenvalue weighted by Crippen LogP contribution is 2.24. The van der Waals surface area contributed by atoms with Gasteiger partial charge >= 0.3 is 5.97 Å². The molecule has 0 radical (unpaired) electrons. The number of methoxy groups -OCH3 is 1. The molecule has 1 atom stereocenters. The van der Waals surface area contributed by atoms with Crippen molar-refractivity contribution in [2.75, 3.05) is 12.4 Å². The summed E-state index contributed by atoms with van der Waals surface area (Å²) < 4.78 is 37.1. The van der Waals surface area contributed by atoms with Crippen LogP contribution in [0, 0.1) is 11.6 Å². The van der Waals surface area contributed by atoms with E-state index in [-0.39, 0.29) is 16.3 Å². The Labute approximate surface area is 147 Å². The van der Waals surface area contributed by atoms with Crippen molar-refractivity contribution in [1.82, 2.24) is 0 Å². The van der Waals surface area contributed by atoms with Crippen LogP contribution in [-0.2, 0) is 9.53 Å². The predicted octanol–water partition coefficient (Wildman–Crippen LogP) is 3.81. The molecule has 0 aromatic heterocycles. The summed E-state index contributed by atoms with van der Waals surface area (Å²) in [6.45, 7) is 1.27. The summed E-state index contributed by atoms with van der Waals surface area (Å²) in [5.74, 6) is -3.43. The number of anilines is 1.